The molecular weight excluding hydrogens is 195 g/mol. The van der Waals surface area contributed by atoms with Crippen molar-refractivity contribution < 1.29 is 0 Å². The van der Waals surface area contributed by atoms with Crippen LogP contribution in [-0.2, 0) is 0 Å². The fraction of sp³-hybridized carbons (Fsp3) is 1.00. The van der Waals surface area contributed by atoms with Gasteiger partial charge in [-0.05, 0) is 12.8 Å². The summed E-state index contributed by atoms with van der Waals surface area (Å²) in [5, 5.41) is -0.296. The van der Waals surface area contributed by atoms with Gasteiger partial charge in [0.15, 0.2) is 0 Å². The zero-order valence-electron chi connectivity index (χ0n) is 7.69. The van der Waals surface area contributed by atoms with Crippen LogP contribution in [0, 0.1) is 0 Å². The van der Waals surface area contributed by atoms with Crippen molar-refractivity contribution >= 4 is 23.2 Å². The average molecular weight is 213 g/mol. The van der Waals surface area contributed by atoms with Crippen LogP contribution < -0.4 is 11.5 Å². The van der Waals surface area contributed by atoms with E-state index in [2.05, 4.69) is 0 Å². The first-order valence-corrected chi connectivity index (χ1v) is 5.17. The van der Waals surface area contributed by atoms with E-state index in [9.17, 15) is 0 Å². The molecular formula is C8H18Cl2N2. The minimum absolute atomic E-state index is 0.148. The van der Waals surface area contributed by atoms with Crippen molar-refractivity contribution in [2.45, 2.75) is 43.0 Å². The van der Waals surface area contributed by atoms with Crippen LogP contribution in [0.3, 0.4) is 0 Å². The highest BCUT2D eigenvalue weighted by Crippen LogP contribution is 2.25. The van der Waals surface area contributed by atoms with E-state index in [0.717, 1.165) is 12.8 Å². The quantitative estimate of drug-likeness (QED) is 0.682. The van der Waals surface area contributed by atoms with Crippen molar-refractivity contribution in [3.05, 3.63) is 0 Å². The van der Waals surface area contributed by atoms with Gasteiger partial charge in [0.05, 0.1) is 16.3 Å². The molecule has 2 nitrogen and oxygen atoms in total. The number of rotatable bonds is 5. The van der Waals surface area contributed by atoms with E-state index in [4.69, 9.17) is 34.7 Å². The van der Waals surface area contributed by atoms with Gasteiger partial charge in [-0.1, -0.05) is 13.8 Å². The van der Waals surface area contributed by atoms with Crippen molar-refractivity contribution in [3.63, 3.8) is 0 Å². The van der Waals surface area contributed by atoms with Gasteiger partial charge in [0.2, 0.25) is 0 Å². The van der Waals surface area contributed by atoms with Crippen LogP contribution in [0.2, 0.25) is 0 Å². The van der Waals surface area contributed by atoms with Crippen LogP contribution in [0.1, 0.15) is 26.7 Å². The number of hydrogen-bond acceptors (Lipinski definition) is 2. The zero-order chi connectivity index (χ0) is 9.78. The Kier molecular flexibility index (Phi) is 5.50. The van der Waals surface area contributed by atoms with E-state index in [1.807, 2.05) is 13.8 Å². The van der Waals surface area contributed by atoms with Gasteiger partial charge < -0.3 is 11.5 Å². The highest BCUT2D eigenvalue weighted by Gasteiger charge is 2.37. The van der Waals surface area contributed by atoms with Gasteiger partial charge in [0.25, 0.3) is 0 Å². The SMILES string of the molecule is CCC(Cl)C(N)(CN)C(Cl)CC. The molecule has 2 unspecified atom stereocenters. The molecule has 0 amide bonds. The van der Waals surface area contributed by atoms with Crippen molar-refractivity contribution in [1.29, 1.82) is 0 Å². The summed E-state index contributed by atoms with van der Waals surface area (Å²) < 4.78 is 0. The van der Waals surface area contributed by atoms with Crippen molar-refractivity contribution in [1.82, 2.24) is 0 Å². The third-order valence-electron chi connectivity index (χ3n) is 2.24. The molecule has 4 N–H and O–H groups in total. The number of halogens is 2. The normalized spacial score (nSPS) is 21.5. The number of alkyl halides is 2. The fourth-order valence-electron chi connectivity index (χ4n) is 1.21. The van der Waals surface area contributed by atoms with Crippen molar-refractivity contribution in [2.24, 2.45) is 11.5 Å². The molecule has 0 rings (SSSR count). The number of hydrogen-bond donors (Lipinski definition) is 2. The highest BCUT2D eigenvalue weighted by atomic mass is 35.5. The van der Waals surface area contributed by atoms with Gasteiger partial charge in [0.1, 0.15) is 0 Å². The Morgan fingerprint density at radius 3 is 1.67 bits per heavy atom. The predicted molar refractivity (Wildman–Crippen MR) is 55.8 cm³/mol. The van der Waals surface area contributed by atoms with E-state index in [1.165, 1.54) is 0 Å². The highest BCUT2D eigenvalue weighted by molar-refractivity contribution is 6.25. The Labute approximate surface area is 84.6 Å². The molecule has 0 aromatic rings. The van der Waals surface area contributed by atoms with Crippen molar-refractivity contribution in [2.75, 3.05) is 6.54 Å². The second-order valence-electron chi connectivity index (χ2n) is 3.07. The summed E-state index contributed by atoms with van der Waals surface area (Å²) in [4.78, 5) is 0. The van der Waals surface area contributed by atoms with Gasteiger partial charge in [-0.15, -0.1) is 23.2 Å². The predicted octanol–water partition coefficient (Wildman–Crippen LogP) is 1.68. The molecule has 74 valence electrons. The Balaban J connectivity index is 4.42. The lowest BCUT2D eigenvalue weighted by Crippen LogP contribution is -2.60. The summed E-state index contributed by atoms with van der Waals surface area (Å²) in [6.07, 6.45) is 1.58. The Morgan fingerprint density at radius 2 is 1.50 bits per heavy atom. The number of nitrogens with two attached hydrogens (primary N) is 2. The second kappa shape index (κ2) is 5.28. The molecule has 0 aliphatic heterocycles. The van der Waals surface area contributed by atoms with E-state index < -0.39 is 5.54 Å². The van der Waals surface area contributed by atoms with E-state index >= 15 is 0 Å². The van der Waals surface area contributed by atoms with Crippen LogP contribution in [0.15, 0.2) is 0 Å². The first kappa shape index (κ1) is 12.5. The van der Waals surface area contributed by atoms with E-state index in [1.54, 1.807) is 0 Å². The monoisotopic (exact) mass is 212 g/mol. The molecule has 0 bridgehead atoms. The maximum atomic E-state index is 6.06. The smallest absolute Gasteiger partial charge is 0.0609 e. The van der Waals surface area contributed by atoms with Crippen LogP contribution in [-0.4, -0.2) is 22.8 Å². The molecule has 4 heteroatoms. The molecule has 12 heavy (non-hydrogen) atoms. The first-order chi connectivity index (χ1) is 5.52. The van der Waals surface area contributed by atoms with Crippen molar-refractivity contribution in [3.8, 4) is 0 Å². The summed E-state index contributed by atoms with van der Waals surface area (Å²) in [6, 6.07) is 0. The van der Waals surface area contributed by atoms with Gasteiger partial charge in [0, 0.05) is 6.54 Å². The third-order valence-corrected chi connectivity index (χ3v) is 3.67. The Bertz CT molecular complexity index is 120. The third kappa shape index (κ3) is 2.49. The van der Waals surface area contributed by atoms with E-state index in [-0.39, 0.29) is 10.8 Å². The summed E-state index contributed by atoms with van der Waals surface area (Å²) >= 11 is 12.1. The molecule has 0 heterocycles. The minimum Gasteiger partial charge on any atom is -0.329 e. The first-order valence-electron chi connectivity index (χ1n) is 4.29. The van der Waals surface area contributed by atoms with Gasteiger partial charge in [-0.3, -0.25) is 0 Å². The molecule has 0 radical (unpaired) electrons. The molecule has 0 spiro atoms. The molecule has 0 aromatic carbocycles. The maximum absolute atomic E-state index is 6.06. The molecule has 0 saturated heterocycles. The molecule has 0 aromatic heterocycles. The van der Waals surface area contributed by atoms with E-state index in [0.29, 0.717) is 6.54 Å². The molecule has 0 saturated carbocycles. The van der Waals surface area contributed by atoms with Crippen LogP contribution in [0.25, 0.3) is 0 Å². The Morgan fingerprint density at radius 1 is 1.17 bits per heavy atom. The standard InChI is InChI=1S/C8H18Cl2N2/c1-3-6(9)8(12,5-11)7(10)4-2/h6-7H,3-5,11-12H2,1-2H3. The molecule has 0 aliphatic rings. The topological polar surface area (TPSA) is 52.0 Å². The lowest BCUT2D eigenvalue weighted by atomic mass is 9.89. The maximum Gasteiger partial charge on any atom is 0.0609 e. The lowest BCUT2D eigenvalue weighted by Gasteiger charge is -2.36. The largest absolute Gasteiger partial charge is 0.329 e. The lowest BCUT2D eigenvalue weighted by molar-refractivity contribution is 0.380. The zero-order valence-corrected chi connectivity index (χ0v) is 9.20. The summed E-state index contributed by atoms with van der Waals surface area (Å²) in [5.41, 5.74) is 11.0. The van der Waals surface area contributed by atoms with Gasteiger partial charge in [-0.2, -0.15) is 0 Å². The summed E-state index contributed by atoms with van der Waals surface area (Å²) in [6.45, 7) is 4.29. The molecule has 0 fully saturated rings. The van der Waals surface area contributed by atoms with Gasteiger partial charge >= 0.3 is 0 Å². The second-order valence-corrected chi connectivity index (χ2v) is 4.12. The summed E-state index contributed by atoms with van der Waals surface area (Å²) in [7, 11) is 0. The molecule has 2 atom stereocenters. The average Bonchev–Trinajstić information content (AvgIpc) is 2.13. The molecule has 0 aliphatic carbocycles. The fourth-order valence-corrected chi connectivity index (χ4v) is 1.76. The van der Waals surface area contributed by atoms with Crippen LogP contribution >= 0.6 is 23.2 Å². The summed E-state index contributed by atoms with van der Waals surface area (Å²) in [5.74, 6) is 0. The van der Waals surface area contributed by atoms with Crippen LogP contribution in [0.4, 0.5) is 0 Å². The van der Waals surface area contributed by atoms with Gasteiger partial charge in [-0.25, -0.2) is 0 Å². The minimum atomic E-state index is -0.632. The Hall–Kier alpha value is 0.500. The van der Waals surface area contributed by atoms with Crippen LogP contribution in [0.5, 0.6) is 0 Å².